The van der Waals surface area contributed by atoms with Gasteiger partial charge in [0, 0.05) is 0 Å². The van der Waals surface area contributed by atoms with E-state index in [0.717, 1.165) is 0 Å². The topological polar surface area (TPSA) is 92.2 Å². The second-order valence-corrected chi connectivity index (χ2v) is 1.50. The van der Waals surface area contributed by atoms with E-state index in [9.17, 15) is 0 Å². The molecule has 0 saturated carbocycles. The van der Waals surface area contributed by atoms with Crippen LogP contribution in [-0.2, 0) is 52.4 Å². The molecule has 0 bridgehead atoms. The van der Waals surface area contributed by atoms with Crippen LogP contribution < -0.4 is 19.2 Å². The van der Waals surface area contributed by atoms with Gasteiger partial charge in [0.25, 0.3) is 0 Å². The third kappa shape index (κ3) is 79.8. The maximum atomic E-state index is 8.58. The molecular weight excluding hydrogens is 275 g/mol. The zero-order valence-electron chi connectivity index (χ0n) is 3.13. The van der Waals surface area contributed by atoms with Crippen LogP contribution in [0.25, 0.3) is 0 Å². The van der Waals surface area contributed by atoms with Crippen LogP contribution in [0.2, 0.25) is 0 Å². The minimum Gasteiger partial charge on any atom is -0.894 e. The molecule has 4 nitrogen and oxygen atoms in total. The van der Waals surface area contributed by atoms with Crippen LogP contribution >= 0.6 is 0 Å². The summed E-state index contributed by atoms with van der Waals surface area (Å²) in [4.78, 5) is 34.3. The van der Waals surface area contributed by atoms with E-state index in [2.05, 4.69) is 0 Å². The summed E-state index contributed by atoms with van der Waals surface area (Å²) in [6.45, 7) is 0. The first kappa shape index (κ1) is 15.9. The van der Waals surface area contributed by atoms with Crippen molar-refractivity contribution in [1.29, 1.82) is 0 Å². The summed E-state index contributed by atoms with van der Waals surface area (Å²) in [5, 5.41) is 0. The third-order valence-electron chi connectivity index (χ3n) is 0. The van der Waals surface area contributed by atoms with E-state index in [1.807, 2.05) is 0 Å². The Kier molecular flexibility index (Phi) is 13.5. The van der Waals surface area contributed by atoms with E-state index in [4.69, 9.17) is 19.2 Å². The van der Waals surface area contributed by atoms with Crippen LogP contribution in [-0.4, -0.2) is 9.05 Å². The van der Waals surface area contributed by atoms with Gasteiger partial charge in [-0.2, -0.15) is 0 Å². The molecule has 0 aliphatic rings. The predicted octanol–water partition coefficient (Wildman–Crippen LogP) is -5.14. The SMILES string of the molecule is [O-][Si]([O-])([O-])[O-].[Zr+2].[Zr+2]. The van der Waals surface area contributed by atoms with Gasteiger partial charge in [0.15, 0.2) is 0 Å². The minimum absolute atomic E-state index is 0. The van der Waals surface area contributed by atoms with Crippen LogP contribution in [0.5, 0.6) is 0 Å². The Morgan fingerprint density at radius 1 is 0.714 bits per heavy atom. The average Bonchev–Trinajstić information content (AvgIpc) is 0.722. The van der Waals surface area contributed by atoms with Crippen LogP contribution in [0.3, 0.4) is 0 Å². The van der Waals surface area contributed by atoms with Crippen molar-refractivity contribution >= 4 is 9.05 Å². The normalized spacial score (nSPS) is 8.57. The molecule has 7 heavy (non-hydrogen) atoms. The van der Waals surface area contributed by atoms with Crippen molar-refractivity contribution in [1.82, 2.24) is 0 Å². The Morgan fingerprint density at radius 3 is 0.714 bits per heavy atom. The van der Waals surface area contributed by atoms with Gasteiger partial charge in [-0.25, -0.2) is 0 Å². The smallest absolute Gasteiger partial charge is 0.894 e. The molecule has 0 atom stereocenters. The maximum absolute atomic E-state index is 8.58. The number of hydrogen-bond acceptors (Lipinski definition) is 4. The Labute approximate surface area is 79.9 Å². The molecule has 0 aliphatic carbocycles. The number of hydrogen-bond donors (Lipinski definition) is 0. The van der Waals surface area contributed by atoms with Crippen molar-refractivity contribution in [3.8, 4) is 0 Å². The molecule has 0 rings (SSSR count). The van der Waals surface area contributed by atoms with Crippen molar-refractivity contribution in [2.75, 3.05) is 0 Å². The fourth-order valence-electron chi connectivity index (χ4n) is 0. The third-order valence-corrected chi connectivity index (χ3v) is 0. The van der Waals surface area contributed by atoms with Crippen molar-refractivity contribution in [3.63, 3.8) is 0 Å². The minimum atomic E-state index is -5.61. The molecule has 0 aromatic carbocycles. The van der Waals surface area contributed by atoms with Gasteiger partial charge in [-0.1, -0.05) is 0 Å². The summed E-state index contributed by atoms with van der Waals surface area (Å²) in [6.07, 6.45) is 0. The van der Waals surface area contributed by atoms with Crippen LogP contribution in [0.15, 0.2) is 0 Å². The van der Waals surface area contributed by atoms with Gasteiger partial charge in [0.1, 0.15) is 0 Å². The molecule has 36 valence electrons. The van der Waals surface area contributed by atoms with Gasteiger partial charge < -0.3 is 28.2 Å². The second kappa shape index (κ2) is 5.95. The van der Waals surface area contributed by atoms with E-state index >= 15 is 0 Å². The fraction of sp³-hybridized carbons (Fsp3) is 0. The maximum Gasteiger partial charge on any atom is 2.00 e. The summed E-state index contributed by atoms with van der Waals surface area (Å²) >= 11 is 0. The van der Waals surface area contributed by atoms with Gasteiger partial charge >= 0.3 is 52.4 Å². The van der Waals surface area contributed by atoms with Gasteiger partial charge in [-0.05, 0) is 0 Å². The summed E-state index contributed by atoms with van der Waals surface area (Å²) in [7, 11) is -5.61. The molecule has 0 aromatic heterocycles. The molecule has 0 aliphatic heterocycles. The first-order valence-corrected chi connectivity index (χ1v) is 2.45. The molecule has 0 aromatic rings. The van der Waals surface area contributed by atoms with Gasteiger partial charge in [0.05, 0.1) is 0 Å². The monoisotopic (exact) mass is 272 g/mol. The largest absolute Gasteiger partial charge is 2.00 e. The molecule has 0 heterocycles. The van der Waals surface area contributed by atoms with Crippen LogP contribution in [0.4, 0.5) is 0 Å². The van der Waals surface area contributed by atoms with E-state index in [0.29, 0.717) is 0 Å². The molecule has 0 fully saturated rings. The molecule has 0 radical (unpaired) electrons. The summed E-state index contributed by atoms with van der Waals surface area (Å²) in [5.74, 6) is 0. The summed E-state index contributed by atoms with van der Waals surface area (Å²) in [5.41, 5.74) is 0. The van der Waals surface area contributed by atoms with Gasteiger partial charge in [-0.15, -0.1) is 0 Å². The first-order chi connectivity index (χ1) is 2.00. The average molecular weight is 275 g/mol. The van der Waals surface area contributed by atoms with Gasteiger partial charge in [-0.3, -0.25) is 0 Å². The van der Waals surface area contributed by atoms with Gasteiger partial charge in [0.2, 0.25) is 0 Å². The Bertz CT molecular complexity index is 25.2. The predicted molar refractivity (Wildman–Crippen MR) is 5.75 cm³/mol. The van der Waals surface area contributed by atoms with E-state index in [1.165, 1.54) is 0 Å². The molecule has 0 spiro atoms. The van der Waals surface area contributed by atoms with Crippen LogP contribution in [0.1, 0.15) is 0 Å². The Balaban J connectivity index is -0.0000000800. The molecule has 0 amide bonds. The van der Waals surface area contributed by atoms with E-state index in [1.54, 1.807) is 0 Å². The standard InChI is InChI=1S/O4Si.2Zr/c1-5(2,3)4;;/q-4;2*+2. The summed E-state index contributed by atoms with van der Waals surface area (Å²) < 4.78 is 0. The Morgan fingerprint density at radius 2 is 0.714 bits per heavy atom. The Hall–Kier alpha value is 1.82. The molecule has 0 unspecified atom stereocenters. The van der Waals surface area contributed by atoms with E-state index < -0.39 is 9.05 Å². The fourth-order valence-corrected chi connectivity index (χ4v) is 0. The molecule has 0 saturated heterocycles. The summed E-state index contributed by atoms with van der Waals surface area (Å²) in [6, 6.07) is 0. The molecule has 0 N–H and O–H groups in total. The van der Waals surface area contributed by atoms with E-state index in [-0.39, 0.29) is 52.4 Å². The van der Waals surface area contributed by atoms with Crippen molar-refractivity contribution in [3.05, 3.63) is 0 Å². The second-order valence-electron chi connectivity index (χ2n) is 0.500. The van der Waals surface area contributed by atoms with Crippen LogP contribution in [0, 0.1) is 0 Å². The quantitative estimate of drug-likeness (QED) is 0.413. The zero-order valence-corrected chi connectivity index (χ0v) is 9.05. The first-order valence-electron chi connectivity index (χ1n) is 0.816. The van der Waals surface area contributed by atoms with Crippen molar-refractivity contribution in [2.45, 2.75) is 0 Å². The molecule has 7 heteroatoms. The molecular formula is O4SiZr2. The van der Waals surface area contributed by atoms with Crippen molar-refractivity contribution in [2.24, 2.45) is 0 Å². The van der Waals surface area contributed by atoms with Crippen molar-refractivity contribution < 1.29 is 71.6 Å². The number of rotatable bonds is 0. The zero-order chi connectivity index (χ0) is 4.50.